The van der Waals surface area contributed by atoms with Crippen molar-refractivity contribution in [3.63, 3.8) is 0 Å². The number of hydrogen-bond acceptors (Lipinski definition) is 4. The molecule has 2 heterocycles. The van der Waals surface area contributed by atoms with Crippen molar-refractivity contribution < 1.29 is 14.3 Å². The molecule has 6 heteroatoms. The monoisotopic (exact) mass is 331 g/mol. The van der Waals surface area contributed by atoms with Crippen molar-refractivity contribution >= 4 is 17.5 Å². The Morgan fingerprint density at radius 1 is 1.29 bits per heavy atom. The van der Waals surface area contributed by atoms with Gasteiger partial charge in [0.15, 0.2) is 0 Å². The molecule has 0 aromatic heterocycles. The molecule has 1 unspecified atom stereocenters. The van der Waals surface area contributed by atoms with E-state index in [0.717, 1.165) is 25.9 Å². The summed E-state index contributed by atoms with van der Waals surface area (Å²) in [7, 11) is 0. The Morgan fingerprint density at radius 2 is 2.12 bits per heavy atom. The number of amides is 2. The Hall–Kier alpha value is -1.92. The van der Waals surface area contributed by atoms with Crippen LogP contribution in [0.1, 0.15) is 29.6 Å². The lowest BCUT2D eigenvalue weighted by Crippen LogP contribution is -2.40. The number of morpholine rings is 1. The van der Waals surface area contributed by atoms with Crippen molar-refractivity contribution in [1.82, 2.24) is 10.2 Å². The average Bonchev–Trinajstić information content (AvgIpc) is 3.14. The van der Waals surface area contributed by atoms with Gasteiger partial charge in [-0.25, -0.2) is 0 Å². The molecule has 1 aromatic rings. The second kappa shape index (κ2) is 8.26. The Labute approximate surface area is 142 Å². The van der Waals surface area contributed by atoms with Gasteiger partial charge in [-0.15, -0.1) is 0 Å². The second-order valence-corrected chi connectivity index (χ2v) is 6.43. The molecule has 0 radical (unpaired) electrons. The van der Waals surface area contributed by atoms with Gasteiger partial charge >= 0.3 is 0 Å². The Bertz CT molecular complexity index is 579. The number of hydrogen-bond donors (Lipinski definition) is 2. The Morgan fingerprint density at radius 3 is 2.88 bits per heavy atom. The predicted octanol–water partition coefficient (Wildman–Crippen LogP) is 1.49. The van der Waals surface area contributed by atoms with Crippen molar-refractivity contribution in [2.45, 2.75) is 19.3 Å². The first-order valence-corrected chi connectivity index (χ1v) is 8.70. The van der Waals surface area contributed by atoms with Crippen molar-refractivity contribution in [2.24, 2.45) is 5.92 Å². The summed E-state index contributed by atoms with van der Waals surface area (Å²) in [5.74, 6) is 0.606. The Balaban J connectivity index is 1.54. The molecule has 3 rings (SSSR count). The van der Waals surface area contributed by atoms with E-state index < -0.39 is 0 Å². The van der Waals surface area contributed by atoms with Crippen LogP contribution in [0.25, 0.3) is 0 Å². The molecule has 2 amide bonds. The van der Waals surface area contributed by atoms with Gasteiger partial charge in [-0.05, 0) is 50.0 Å². The second-order valence-electron chi connectivity index (χ2n) is 6.43. The van der Waals surface area contributed by atoms with Crippen LogP contribution in [0.4, 0.5) is 5.69 Å². The smallest absolute Gasteiger partial charge is 0.254 e. The van der Waals surface area contributed by atoms with Gasteiger partial charge in [0.25, 0.3) is 5.91 Å². The van der Waals surface area contributed by atoms with Crippen LogP contribution >= 0.6 is 0 Å². The summed E-state index contributed by atoms with van der Waals surface area (Å²) in [6, 6.07) is 7.18. The highest BCUT2D eigenvalue weighted by Gasteiger charge is 2.19. The highest BCUT2D eigenvalue weighted by molar-refractivity contribution is 5.97. The van der Waals surface area contributed by atoms with Gasteiger partial charge in [-0.1, -0.05) is 6.07 Å². The molecule has 0 aliphatic carbocycles. The van der Waals surface area contributed by atoms with Crippen molar-refractivity contribution in [1.29, 1.82) is 0 Å². The topological polar surface area (TPSA) is 70.7 Å². The van der Waals surface area contributed by atoms with Crippen molar-refractivity contribution in [2.75, 3.05) is 44.7 Å². The lowest BCUT2D eigenvalue weighted by molar-refractivity contribution is -0.116. The number of carbonyl (C=O) groups is 2. The zero-order valence-electron chi connectivity index (χ0n) is 13.9. The predicted molar refractivity (Wildman–Crippen MR) is 92.0 cm³/mol. The summed E-state index contributed by atoms with van der Waals surface area (Å²) in [6.45, 7) is 4.46. The molecular weight excluding hydrogens is 306 g/mol. The van der Waals surface area contributed by atoms with Gasteiger partial charge in [-0.2, -0.15) is 0 Å². The first-order chi connectivity index (χ1) is 11.7. The van der Waals surface area contributed by atoms with Gasteiger partial charge in [0.1, 0.15) is 0 Å². The lowest BCUT2D eigenvalue weighted by atomic mass is 10.0. The first-order valence-electron chi connectivity index (χ1n) is 8.70. The molecule has 24 heavy (non-hydrogen) atoms. The largest absolute Gasteiger partial charge is 0.378 e. The van der Waals surface area contributed by atoms with Crippen LogP contribution < -0.4 is 10.6 Å². The summed E-state index contributed by atoms with van der Waals surface area (Å²) in [4.78, 5) is 26.4. The molecule has 6 nitrogen and oxygen atoms in total. The number of benzene rings is 1. The fourth-order valence-corrected chi connectivity index (χ4v) is 3.20. The fraction of sp³-hybridized carbons (Fsp3) is 0.556. The summed E-state index contributed by atoms with van der Waals surface area (Å²) in [5, 5.41) is 6.22. The number of nitrogens with one attached hydrogen (secondary N) is 2. The molecule has 130 valence electrons. The van der Waals surface area contributed by atoms with Gasteiger partial charge in [0.2, 0.25) is 5.91 Å². The van der Waals surface area contributed by atoms with Gasteiger partial charge in [0.05, 0.1) is 13.2 Å². The van der Waals surface area contributed by atoms with E-state index in [1.54, 1.807) is 17.0 Å². The minimum Gasteiger partial charge on any atom is -0.378 e. The minimum atomic E-state index is -0.00794. The fourth-order valence-electron chi connectivity index (χ4n) is 3.20. The number of anilines is 1. The number of rotatable bonds is 5. The molecule has 1 aromatic carbocycles. The van der Waals surface area contributed by atoms with Crippen LogP contribution in [0.3, 0.4) is 0 Å². The van der Waals surface area contributed by atoms with Gasteiger partial charge in [0, 0.05) is 30.8 Å². The minimum absolute atomic E-state index is 0.00794. The van der Waals surface area contributed by atoms with E-state index in [9.17, 15) is 9.59 Å². The number of ether oxygens (including phenoxy) is 1. The molecule has 0 bridgehead atoms. The van der Waals surface area contributed by atoms with E-state index in [1.165, 1.54) is 0 Å². The van der Waals surface area contributed by atoms with Gasteiger partial charge in [-0.3, -0.25) is 9.59 Å². The molecule has 1 atom stereocenters. The zero-order chi connectivity index (χ0) is 16.8. The third-order valence-corrected chi connectivity index (χ3v) is 4.63. The number of nitrogens with zero attached hydrogens (tertiary/aromatic N) is 1. The standard InChI is InChI=1S/C18H25N3O3/c22-17(5-4-14-6-7-19-13-14)20-16-3-1-2-15(12-16)18(23)21-8-10-24-11-9-21/h1-3,12,14,19H,4-11,13H2,(H,20,22). The van der Waals surface area contributed by atoms with E-state index in [4.69, 9.17) is 4.74 Å². The normalized spacial score (nSPS) is 20.8. The molecule has 0 saturated carbocycles. The maximum atomic E-state index is 12.5. The third kappa shape index (κ3) is 4.55. The first kappa shape index (κ1) is 16.9. The van der Waals surface area contributed by atoms with Crippen LogP contribution in [0, 0.1) is 5.92 Å². The highest BCUT2D eigenvalue weighted by Crippen LogP contribution is 2.17. The van der Waals surface area contributed by atoms with E-state index in [1.807, 2.05) is 12.1 Å². The summed E-state index contributed by atoms with van der Waals surface area (Å²) in [6.07, 6.45) is 2.58. The van der Waals surface area contributed by atoms with Crippen LogP contribution in [0.15, 0.2) is 24.3 Å². The molecule has 0 spiro atoms. The Kier molecular flexibility index (Phi) is 5.82. The van der Waals surface area contributed by atoms with Crippen molar-refractivity contribution in [3.05, 3.63) is 29.8 Å². The molecule has 2 saturated heterocycles. The van der Waals surface area contributed by atoms with E-state index in [0.29, 0.717) is 49.9 Å². The van der Waals surface area contributed by atoms with Crippen molar-refractivity contribution in [3.8, 4) is 0 Å². The highest BCUT2D eigenvalue weighted by atomic mass is 16.5. The van der Waals surface area contributed by atoms with Gasteiger partial charge < -0.3 is 20.3 Å². The third-order valence-electron chi connectivity index (χ3n) is 4.63. The molecule has 2 aliphatic heterocycles. The van der Waals surface area contributed by atoms with Crippen LogP contribution in [0.5, 0.6) is 0 Å². The zero-order valence-corrected chi connectivity index (χ0v) is 13.9. The summed E-state index contributed by atoms with van der Waals surface area (Å²) in [5.41, 5.74) is 1.29. The maximum Gasteiger partial charge on any atom is 0.254 e. The SMILES string of the molecule is O=C(CCC1CCNC1)Nc1cccc(C(=O)N2CCOCC2)c1. The van der Waals surface area contributed by atoms with E-state index in [2.05, 4.69) is 10.6 Å². The quantitative estimate of drug-likeness (QED) is 0.857. The molecular formula is C18H25N3O3. The molecule has 2 fully saturated rings. The molecule has 2 aliphatic rings. The van der Waals surface area contributed by atoms with E-state index in [-0.39, 0.29) is 11.8 Å². The summed E-state index contributed by atoms with van der Waals surface area (Å²) < 4.78 is 5.28. The lowest BCUT2D eigenvalue weighted by Gasteiger charge is -2.27. The maximum absolute atomic E-state index is 12.5. The van der Waals surface area contributed by atoms with E-state index >= 15 is 0 Å². The average molecular weight is 331 g/mol. The molecule has 2 N–H and O–H groups in total. The summed E-state index contributed by atoms with van der Waals surface area (Å²) >= 11 is 0. The van der Waals surface area contributed by atoms with Crippen LogP contribution in [0.2, 0.25) is 0 Å². The van der Waals surface area contributed by atoms with Crippen LogP contribution in [-0.4, -0.2) is 56.1 Å². The number of carbonyl (C=O) groups excluding carboxylic acids is 2. The van der Waals surface area contributed by atoms with Crippen LogP contribution in [-0.2, 0) is 9.53 Å².